The third-order valence-corrected chi connectivity index (χ3v) is 1.65. The van der Waals surface area contributed by atoms with Crippen LogP contribution in [0.25, 0.3) is 0 Å². The molecular formula is C6H8N3OSe. The molecule has 0 bridgehead atoms. The van der Waals surface area contributed by atoms with E-state index in [1.54, 1.807) is 13.2 Å². The molecule has 1 heterocycles. The minimum absolute atomic E-state index is 0.0944. The summed E-state index contributed by atoms with van der Waals surface area (Å²) in [5.74, 6) is 0. The van der Waals surface area contributed by atoms with Crippen molar-refractivity contribution in [2.24, 2.45) is 0 Å². The molecule has 0 atom stereocenters. The Labute approximate surface area is 72.2 Å². The molecule has 0 saturated carbocycles. The van der Waals surface area contributed by atoms with Crippen LogP contribution in [0.2, 0.25) is 0 Å². The molecule has 0 aromatic carbocycles. The first kappa shape index (κ1) is 8.46. The molecule has 0 fully saturated rings. The minimum atomic E-state index is -0.0944. The zero-order valence-electron chi connectivity index (χ0n) is 6.05. The van der Waals surface area contributed by atoms with E-state index in [9.17, 15) is 4.79 Å². The van der Waals surface area contributed by atoms with Gasteiger partial charge in [0, 0.05) is 0 Å². The SMILES string of the molecule is CNCc1cnc([Se])[nH]c1=O. The summed E-state index contributed by atoms with van der Waals surface area (Å²) in [4.78, 5) is 17.5. The summed E-state index contributed by atoms with van der Waals surface area (Å²) < 4.78 is 0.523. The number of hydrogen-bond acceptors (Lipinski definition) is 3. The molecule has 1 aromatic heterocycles. The molecule has 1 aromatic rings. The van der Waals surface area contributed by atoms with Gasteiger partial charge >= 0.3 is 71.7 Å². The van der Waals surface area contributed by atoms with Crippen LogP contribution in [0.3, 0.4) is 0 Å². The Morgan fingerprint density at radius 1 is 1.82 bits per heavy atom. The van der Waals surface area contributed by atoms with Gasteiger partial charge in [0.05, 0.1) is 0 Å². The molecule has 0 spiro atoms. The predicted molar refractivity (Wildman–Crippen MR) is 43.0 cm³/mol. The van der Waals surface area contributed by atoms with Crippen LogP contribution >= 0.6 is 0 Å². The van der Waals surface area contributed by atoms with Gasteiger partial charge in [-0.15, -0.1) is 0 Å². The van der Waals surface area contributed by atoms with Crippen molar-refractivity contribution >= 4 is 20.7 Å². The van der Waals surface area contributed by atoms with Crippen LogP contribution in [-0.2, 0) is 6.54 Å². The molecule has 4 nitrogen and oxygen atoms in total. The van der Waals surface area contributed by atoms with Crippen LogP contribution < -0.4 is 15.6 Å². The van der Waals surface area contributed by atoms with Crippen molar-refractivity contribution in [2.45, 2.75) is 6.54 Å². The Hall–Kier alpha value is -0.641. The van der Waals surface area contributed by atoms with Crippen molar-refractivity contribution in [1.82, 2.24) is 15.3 Å². The van der Waals surface area contributed by atoms with Crippen molar-refractivity contribution in [3.63, 3.8) is 0 Å². The molecule has 0 aliphatic carbocycles. The molecule has 0 aliphatic rings. The average Bonchev–Trinajstić information content (AvgIpc) is 1.95. The Kier molecular flexibility index (Phi) is 2.82. The number of rotatable bonds is 2. The van der Waals surface area contributed by atoms with E-state index in [-0.39, 0.29) is 5.56 Å². The number of aromatic amines is 1. The van der Waals surface area contributed by atoms with Gasteiger partial charge in [-0.1, -0.05) is 0 Å². The van der Waals surface area contributed by atoms with E-state index in [1.165, 1.54) is 0 Å². The molecule has 0 aliphatic heterocycles. The summed E-state index contributed by atoms with van der Waals surface area (Å²) in [6.07, 6.45) is 1.56. The van der Waals surface area contributed by atoms with Gasteiger partial charge in [0.2, 0.25) is 0 Å². The quantitative estimate of drug-likeness (QED) is 0.579. The second-order valence-corrected chi connectivity index (χ2v) is 2.88. The number of H-pyrrole nitrogens is 1. The van der Waals surface area contributed by atoms with Crippen LogP contribution in [-0.4, -0.2) is 33.0 Å². The van der Waals surface area contributed by atoms with Crippen LogP contribution in [0.1, 0.15) is 5.56 Å². The zero-order chi connectivity index (χ0) is 8.27. The molecule has 11 heavy (non-hydrogen) atoms. The van der Waals surface area contributed by atoms with Crippen molar-refractivity contribution in [3.05, 3.63) is 22.1 Å². The Bertz CT molecular complexity index is 296. The number of nitrogens with zero attached hydrogens (tertiary/aromatic N) is 1. The second-order valence-electron chi connectivity index (χ2n) is 2.07. The molecule has 1 radical (unpaired) electrons. The molecule has 1 rings (SSSR count). The van der Waals surface area contributed by atoms with E-state index in [0.717, 1.165) is 0 Å². The molecular weight excluding hydrogens is 209 g/mol. The molecule has 2 N–H and O–H groups in total. The summed E-state index contributed by atoms with van der Waals surface area (Å²) in [6.45, 7) is 0.544. The molecule has 5 heteroatoms. The second kappa shape index (κ2) is 3.66. The van der Waals surface area contributed by atoms with Crippen molar-refractivity contribution in [2.75, 3.05) is 7.05 Å². The summed E-state index contributed by atoms with van der Waals surface area (Å²) in [7, 11) is 1.78. The average molecular weight is 217 g/mol. The third kappa shape index (κ3) is 2.15. The van der Waals surface area contributed by atoms with Crippen LogP contribution in [0.5, 0.6) is 0 Å². The van der Waals surface area contributed by atoms with E-state index in [4.69, 9.17) is 0 Å². The predicted octanol–water partition coefficient (Wildman–Crippen LogP) is -1.72. The third-order valence-electron chi connectivity index (χ3n) is 1.22. The standard InChI is InChI=1S/C6H8N3OSe/c1-7-2-4-3-8-6(11)9-5(4)10/h3,7H,2H2,1H3,(H,8,9,10). The fourth-order valence-corrected chi connectivity index (χ4v) is 1.03. The van der Waals surface area contributed by atoms with Gasteiger partial charge < -0.3 is 0 Å². The Morgan fingerprint density at radius 2 is 2.55 bits per heavy atom. The fourth-order valence-electron chi connectivity index (χ4n) is 0.721. The Balaban J connectivity index is 3.00. The monoisotopic (exact) mass is 218 g/mol. The topological polar surface area (TPSA) is 57.8 Å². The first-order chi connectivity index (χ1) is 5.24. The van der Waals surface area contributed by atoms with E-state index < -0.39 is 0 Å². The van der Waals surface area contributed by atoms with E-state index in [2.05, 4.69) is 31.3 Å². The molecule has 0 saturated heterocycles. The Morgan fingerprint density at radius 3 is 3.09 bits per heavy atom. The first-order valence-electron chi connectivity index (χ1n) is 3.14. The fraction of sp³-hybridized carbons (Fsp3) is 0.333. The van der Waals surface area contributed by atoms with Crippen LogP contribution in [0, 0.1) is 0 Å². The summed E-state index contributed by atoms with van der Waals surface area (Å²) in [5.41, 5.74) is 0.551. The number of nitrogens with one attached hydrogen (secondary N) is 2. The maximum absolute atomic E-state index is 11.1. The van der Waals surface area contributed by atoms with E-state index in [1.807, 2.05) is 0 Å². The van der Waals surface area contributed by atoms with E-state index in [0.29, 0.717) is 16.8 Å². The number of aromatic nitrogens is 2. The van der Waals surface area contributed by atoms with E-state index >= 15 is 0 Å². The normalized spacial score (nSPS) is 9.91. The summed E-state index contributed by atoms with van der Waals surface area (Å²) in [6, 6.07) is 0. The molecule has 0 unspecified atom stereocenters. The van der Waals surface area contributed by atoms with Gasteiger partial charge in [-0.2, -0.15) is 0 Å². The molecule has 0 amide bonds. The van der Waals surface area contributed by atoms with Gasteiger partial charge in [-0.05, 0) is 0 Å². The van der Waals surface area contributed by atoms with Gasteiger partial charge in [0.1, 0.15) is 0 Å². The van der Waals surface area contributed by atoms with Gasteiger partial charge in [-0.25, -0.2) is 0 Å². The van der Waals surface area contributed by atoms with Crippen molar-refractivity contribution < 1.29 is 0 Å². The zero-order valence-corrected chi connectivity index (χ0v) is 7.76. The van der Waals surface area contributed by atoms with Gasteiger partial charge in [0.15, 0.2) is 0 Å². The van der Waals surface area contributed by atoms with Crippen molar-refractivity contribution in [1.29, 1.82) is 0 Å². The summed E-state index contributed by atoms with van der Waals surface area (Å²) in [5, 5.41) is 2.87. The first-order valence-corrected chi connectivity index (χ1v) is 3.99. The van der Waals surface area contributed by atoms with Crippen molar-refractivity contribution in [3.8, 4) is 0 Å². The van der Waals surface area contributed by atoms with Crippen LogP contribution in [0.4, 0.5) is 0 Å². The van der Waals surface area contributed by atoms with Gasteiger partial charge in [-0.3, -0.25) is 0 Å². The molecule has 59 valence electrons. The summed E-state index contributed by atoms with van der Waals surface area (Å²) >= 11 is 2.63. The number of hydrogen-bond donors (Lipinski definition) is 2. The van der Waals surface area contributed by atoms with Crippen LogP contribution in [0.15, 0.2) is 11.0 Å². The van der Waals surface area contributed by atoms with Gasteiger partial charge in [0.25, 0.3) is 0 Å². The maximum atomic E-state index is 11.1.